The lowest BCUT2D eigenvalue weighted by Gasteiger charge is -2.01. The smallest absolute Gasteiger partial charge is 0.362 e. The minimum absolute atomic E-state index is 0.321. The Labute approximate surface area is 118 Å². The predicted octanol–water partition coefficient (Wildman–Crippen LogP) is 4.05. The third-order valence-corrected chi connectivity index (χ3v) is 2.77. The summed E-state index contributed by atoms with van der Waals surface area (Å²) in [5.41, 5.74) is 0.0322. The van der Waals surface area contributed by atoms with Crippen molar-refractivity contribution in [3.63, 3.8) is 0 Å². The molecular formula is C12H12F2N2O3S. The van der Waals surface area contributed by atoms with Crippen molar-refractivity contribution in [3.05, 3.63) is 35.7 Å². The Kier molecular flexibility index (Phi) is 6.10. The van der Waals surface area contributed by atoms with E-state index in [2.05, 4.69) is 15.0 Å². The summed E-state index contributed by atoms with van der Waals surface area (Å²) in [6.07, 6.45) is 0. The number of methoxy groups -OCH3 is 1. The van der Waals surface area contributed by atoms with Gasteiger partial charge in [0.2, 0.25) is 5.70 Å². The summed E-state index contributed by atoms with van der Waals surface area (Å²) in [5.74, 6) is -3.64. The zero-order valence-corrected chi connectivity index (χ0v) is 11.5. The molecule has 0 saturated heterocycles. The van der Waals surface area contributed by atoms with E-state index in [1.807, 2.05) is 0 Å². The molecule has 0 spiro atoms. The van der Waals surface area contributed by atoms with Gasteiger partial charge in [-0.05, 0) is 31.2 Å². The number of hydrogen-bond donors (Lipinski definition) is 1. The maximum atomic E-state index is 12.1. The number of halogens is 2. The van der Waals surface area contributed by atoms with Crippen molar-refractivity contribution in [2.24, 2.45) is 10.2 Å². The number of aliphatic hydroxyl groups excluding tert-OH is 1. The van der Waals surface area contributed by atoms with Gasteiger partial charge in [-0.2, -0.15) is 13.9 Å². The monoisotopic (exact) mass is 302 g/mol. The maximum absolute atomic E-state index is 12.1. The first kappa shape index (κ1) is 16.1. The lowest BCUT2D eigenvalue weighted by atomic mass is 10.3. The third kappa shape index (κ3) is 4.96. The number of azo groups is 1. The molecule has 0 atom stereocenters. The van der Waals surface area contributed by atoms with Crippen molar-refractivity contribution in [3.8, 4) is 0 Å². The molecule has 0 aliphatic rings. The van der Waals surface area contributed by atoms with Gasteiger partial charge in [0.1, 0.15) is 5.76 Å². The molecule has 0 radical (unpaired) electrons. The van der Waals surface area contributed by atoms with Gasteiger partial charge in [0.05, 0.1) is 12.8 Å². The predicted molar refractivity (Wildman–Crippen MR) is 70.2 cm³/mol. The molecule has 20 heavy (non-hydrogen) atoms. The number of nitrogens with zero attached hydrogens (tertiary/aromatic N) is 2. The van der Waals surface area contributed by atoms with Crippen molar-refractivity contribution in [1.29, 1.82) is 0 Å². The summed E-state index contributed by atoms with van der Waals surface area (Å²) in [5, 5.41) is 16.6. The maximum Gasteiger partial charge on any atom is 0.362 e. The minimum atomic E-state index is -2.49. The van der Waals surface area contributed by atoms with Crippen LogP contribution in [0.1, 0.15) is 6.92 Å². The number of carbonyl (C=O) groups excluding carboxylic acids is 1. The van der Waals surface area contributed by atoms with E-state index in [1.54, 1.807) is 0 Å². The highest BCUT2D eigenvalue weighted by Crippen LogP contribution is 2.27. The summed E-state index contributed by atoms with van der Waals surface area (Å²) in [7, 11) is 1.15. The van der Waals surface area contributed by atoms with Gasteiger partial charge in [0.15, 0.2) is 0 Å². The number of ether oxygens (including phenoxy) is 1. The number of hydrogen-bond acceptors (Lipinski definition) is 6. The molecule has 0 aliphatic carbocycles. The van der Waals surface area contributed by atoms with Crippen LogP contribution in [0.5, 0.6) is 0 Å². The van der Waals surface area contributed by atoms with Crippen LogP contribution in [0.2, 0.25) is 0 Å². The molecule has 0 amide bonds. The van der Waals surface area contributed by atoms with Gasteiger partial charge in [0, 0.05) is 4.90 Å². The van der Waals surface area contributed by atoms with Crippen LogP contribution >= 0.6 is 11.8 Å². The Morgan fingerprint density at radius 2 is 1.95 bits per heavy atom. The van der Waals surface area contributed by atoms with E-state index in [0.717, 1.165) is 7.11 Å². The van der Waals surface area contributed by atoms with Gasteiger partial charge in [-0.25, -0.2) is 4.79 Å². The van der Waals surface area contributed by atoms with Crippen molar-refractivity contribution in [2.75, 3.05) is 7.11 Å². The van der Waals surface area contributed by atoms with Gasteiger partial charge < -0.3 is 9.84 Å². The van der Waals surface area contributed by atoms with E-state index in [0.29, 0.717) is 22.3 Å². The van der Waals surface area contributed by atoms with E-state index in [9.17, 15) is 18.7 Å². The highest BCUT2D eigenvalue weighted by atomic mass is 32.2. The van der Waals surface area contributed by atoms with Crippen LogP contribution < -0.4 is 0 Å². The molecule has 8 heteroatoms. The zero-order valence-electron chi connectivity index (χ0n) is 10.7. The van der Waals surface area contributed by atoms with E-state index in [-0.39, 0.29) is 11.5 Å². The molecule has 5 nitrogen and oxygen atoms in total. The minimum Gasteiger partial charge on any atom is -0.510 e. The number of esters is 1. The van der Waals surface area contributed by atoms with Crippen molar-refractivity contribution in [2.45, 2.75) is 17.6 Å². The quantitative estimate of drug-likeness (QED) is 0.293. The van der Waals surface area contributed by atoms with Crippen LogP contribution in [0, 0.1) is 0 Å². The molecule has 0 unspecified atom stereocenters. The standard InChI is InChI=1S/C12H12F2N2O3S/c1-7(17)10(11(18)19-2)16-15-8-3-5-9(6-4-8)20-12(13)14/h3-6,12,17H,1-2H3. The van der Waals surface area contributed by atoms with Crippen LogP contribution in [0.3, 0.4) is 0 Å². The van der Waals surface area contributed by atoms with E-state index in [1.165, 1.54) is 31.2 Å². The number of allylic oxidation sites excluding steroid dienone is 1. The molecule has 0 fully saturated rings. The molecular weight excluding hydrogens is 290 g/mol. The molecule has 0 aromatic heterocycles. The van der Waals surface area contributed by atoms with Gasteiger partial charge >= 0.3 is 5.97 Å². The Balaban J connectivity index is 2.84. The molecule has 1 rings (SSSR count). The fourth-order valence-corrected chi connectivity index (χ4v) is 1.66. The van der Waals surface area contributed by atoms with Crippen LogP contribution in [0.25, 0.3) is 0 Å². The van der Waals surface area contributed by atoms with Gasteiger partial charge in [-0.15, -0.1) is 5.11 Å². The number of benzene rings is 1. The Hall–Kier alpha value is -1.96. The highest BCUT2D eigenvalue weighted by molar-refractivity contribution is 7.99. The average molecular weight is 302 g/mol. The first-order valence-electron chi connectivity index (χ1n) is 5.38. The molecule has 0 bridgehead atoms. The Bertz CT molecular complexity index is 526. The number of alkyl halides is 2. The average Bonchev–Trinajstić information content (AvgIpc) is 2.39. The second-order valence-electron chi connectivity index (χ2n) is 3.50. The summed E-state index contributed by atoms with van der Waals surface area (Å²) in [6.45, 7) is 1.27. The summed E-state index contributed by atoms with van der Waals surface area (Å²) in [4.78, 5) is 11.7. The second kappa shape index (κ2) is 7.59. The molecule has 1 aromatic carbocycles. The molecule has 0 aliphatic heterocycles. The first-order chi connectivity index (χ1) is 9.43. The van der Waals surface area contributed by atoms with Crippen molar-refractivity contribution < 1.29 is 23.4 Å². The fourth-order valence-electron chi connectivity index (χ4n) is 1.16. The van der Waals surface area contributed by atoms with Gasteiger partial charge in [-0.1, -0.05) is 11.8 Å². The molecule has 1 N–H and O–H groups in total. The fraction of sp³-hybridized carbons (Fsp3) is 0.250. The number of carbonyl (C=O) groups is 1. The first-order valence-corrected chi connectivity index (χ1v) is 6.26. The Morgan fingerprint density at radius 3 is 2.40 bits per heavy atom. The molecule has 0 saturated carbocycles. The number of rotatable bonds is 5. The SMILES string of the molecule is COC(=O)C(N=Nc1ccc(SC(F)F)cc1)=C(C)O. The third-order valence-electron chi connectivity index (χ3n) is 2.05. The van der Waals surface area contributed by atoms with Crippen LogP contribution in [-0.4, -0.2) is 23.9 Å². The molecule has 108 valence electrons. The largest absolute Gasteiger partial charge is 0.510 e. The lowest BCUT2D eigenvalue weighted by molar-refractivity contribution is -0.136. The van der Waals surface area contributed by atoms with E-state index < -0.39 is 11.7 Å². The number of thioether (sulfide) groups is 1. The van der Waals surface area contributed by atoms with Crippen molar-refractivity contribution in [1.82, 2.24) is 0 Å². The Morgan fingerprint density at radius 1 is 1.35 bits per heavy atom. The van der Waals surface area contributed by atoms with E-state index >= 15 is 0 Å². The summed E-state index contributed by atoms with van der Waals surface area (Å²) < 4.78 is 28.7. The lowest BCUT2D eigenvalue weighted by Crippen LogP contribution is -2.04. The highest BCUT2D eigenvalue weighted by Gasteiger charge is 2.12. The van der Waals surface area contributed by atoms with Gasteiger partial charge in [0.25, 0.3) is 5.76 Å². The van der Waals surface area contributed by atoms with Crippen LogP contribution in [-0.2, 0) is 9.53 Å². The number of aliphatic hydroxyl groups is 1. The summed E-state index contributed by atoms with van der Waals surface area (Å²) in [6, 6.07) is 5.85. The van der Waals surface area contributed by atoms with E-state index in [4.69, 9.17) is 0 Å². The van der Waals surface area contributed by atoms with Crippen LogP contribution in [0.4, 0.5) is 14.5 Å². The molecule has 1 aromatic rings. The van der Waals surface area contributed by atoms with Crippen molar-refractivity contribution >= 4 is 23.4 Å². The normalized spacial score (nSPS) is 12.7. The van der Waals surface area contributed by atoms with Gasteiger partial charge in [-0.3, -0.25) is 0 Å². The topological polar surface area (TPSA) is 71.2 Å². The zero-order chi connectivity index (χ0) is 15.1. The van der Waals surface area contributed by atoms with Crippen LogP contribution in [0.15, 0.2) is 50.8 Å². The molecule has 0 heterocycles. The summed E-state index contributed by atoms with van der Waals surface area (Å²) >= 11 is 0.416. The second-order valence-corrected chi connectivity index (χ2v) is 4.56.